The normalized spacial score (nSPS) is 12.2. The van der Waals surface area contributed by atoms with Crippen LogP contribution in [-0.4, -0.2) is 32.6 Å². The van der Waals surface area contributed by atoms with Crippen molar-refractivity contribution in [3.63, 3.8) is 0 Å². The lowest BCUT2D eigenvalue weighted by Gasteiger charge is -2.34. The Hall–Kier alpha value is -2.75. The Balaban J connectivity index is 1.97. The molecule has 0 fully saturated rings. The van der Waals surface area contributed by atoms with Gasteiger partial charge in [0.15, 0.2) is 8.32 Å². The van der Waals surface area contributed by atoms with Crippen molar-refractivity contribution < 1.29 is 14.2 Å². The fourth-order valence-electron chi connectivity index (χ4n) is 6.00. The highest BCUT2D eigenvalue weighted by atomic mass is 28.4. The zero-order valence-corrected chi connectivity index (χ0v) is 28.6. The van der Waals surface area contributed by atoms with E-state index in [1.54, 1.807) is 0 Å². The summed E-state index contributed by atoms with van der Waals surface area (Å²) < 4.78 is 6.59. The van der Waals surface area contributed by atoms with Gasteiger partial charge < -0.3 is 4.43 Å². The molecule has 0 saturated heterocycles. The van der Waals surface area contributed by atoms with Gasteiger partial charge in [-0.25, -0.2) is 9.78 Å². The maximum Gasteiger partial charge on any atom is 0.185 e. The largest absolute Gasteiger partial charge is 0.402 e. The molecule has 3 rings (SSSR count). The molecule has 0 N–H and O–H groups in total. The summed E-state index contributed by atoms with van der Waals surface area (Å²) >= 11 is 0. The molecule has 0 aliphatic heterocycles. The van der Waals surface area contributed by atoms with Gasteiger partial charge in [-0.05, 0) is 105 Å². The summed E-state index contributed by atoms with van der Waals surface area (Å²) in [5.41, 5.74) is 9.26. The monoisotopic (exact) mass is 585 g/mol. The molecule has 0 aliphatic rings. The molecule has 0 atom stereocenters. The summed E-state index contributed by atoms with van der Waals surface area (Å²) in [5, 5.41) is 0. The lowest BCUT2D eigenvalue weighted by atomic mass is 9.69. The van der Waals surface area contributed by atoms with Crippen molar-refractivity contribution in [2.45, 2.75) is 104 Å². The minimum absolute atomic E-state index is 0.0743. The second kappa shape index (κ2) is 14.6. The zero-order chi connectivity index (χ0) is 31.0. The van der Waals surface area contributed by atoms with Crippen LogP contribution in [0.3, 0.4) is 0 Å². The summed E-state index contributed by atoms with van der Waals surface area (Å²) in [5.74, 6) is 7.07. The van der Waals surface area contributed by atoms with Gasteiger partial charge in [-0.15, -0.1) is 0 Å². The van der Waals surface area contributed by atoms with Crippen molar-refractivity contribution in [2.75, 3.05) is 13.7 Å². The van der Waals surface area contributed by atoms with Crippen molar-refractivity contribution in [3.05, 3.63) is 88.2 Å². The fourth-order valence-corrected chi connectivity index (χ4v) is 7.51. The third-order valence-corrected chi connectivity index (χ3v) is 9.53. The predicted octanol–water partition coefficient (Wildman–Crippen LogP) is 9.35. The number of nitrogens with zero attached hydrogens (tertiary/aromatic N) is 1. The molecule has 42 heavy (non-hydrogen) atoms. The average Bonchev–Trinajstić information content (AvgIpc) is 2.97. The molecular formula is C37H51NO3Si. The molecule has 3 aromatic rings. The van der Waals surface area contributed by atoms with E-state index in [9.17, 15) is 0 Å². The van der Waals surface area contributed by atoms with Gasteiger partial charge in [0.2, 0.25) is 0 Å². The van der Waals surface area contributed by atoms with Crippen molar-refractivity contribution in [2.24, 2.45) is 0 Å². The highest BCUT2D eigenvalue weighted by molar-refractivity contribution is 6.69. The molecule has 0 spiro atoms. The Morgan fingerprint density at radius 2 is 1.45 bits per heavy atom. The van der Waals surface area contributed by atoms with Crippen molar-refractivity contribution in [3.8, 4) is 23.0 Å². The summed E-state index contributed by atoms with van der Waals surface area (Å²) in [7, 11) is -0.191. The summed E-state index contributed by atoms with van der Waals surface area (Å²) in [4.78, 5) is 14.3. The molecule has 0 radical (unpaired) electrons. The molecule has 5 heteroatoms. The van der Waals surface area contributed by atoms with Gasteiger partial charge >= 0.3 is 0 Å². The maximum absolute atomic E-state index is 6.59. The number of hydrogen-bond donors (Lipinski definition) is 0. The smallest absolute Gasteiger partial charge is 0.185 e. The third kappa shape index (κ3) is 7.99. The summed E-state index contributed by atoms with van der Waals surface area (Å²) in [6.07, 6.45) is 8.41. The van der Waals surface area contributed by atoms with E-state index < -0.39 is 8.32 Å². The molecule has 1 heterocycles. The van der Waals surface area contributed by atoms with Crippen LogP contribution in [0.1, 0.15) is 86.8 Å². The number of aromatic nitrogens is 1. The van der Waals surface area contributed by atoms with E-state index in [0.29, 0.717) is 6.61 Å². The Kier molecular flexibility index (Phi) is 11.7. The van der Waals surface area contributed by atoms with Crippen LogP contribution in [0.15, 0.2) is 54.9 Å². The molecule has 4 nitrogen and oxygen atoms in total. The molecule has 0 saturated carbocycles. The average molecular weight is 586 g/mol. The van der Waals surface area contributed by atoms with Gasteiger partial charge in [-0.2, -0.15) is 0 Å². The van der Waals surface area contributed by atoms with Gasteiger partial charge in [-0.1, -0.05) is 69.9 Å². The molecule has 1 aromatic heterocycles. The van der Waals surface area contributed by atoms with Crippen molar-refractivity contribution in [1.82, 2.24) is 4.98 Å². The minimum Gasteiger partial charge on any atom is -0.402 e. The summed E-state index contributed by atoms with van der Waals surface area (Å²) in [6.45, 7) is 20.6. The SMILES string of the molecule is CCC(C#Cc1ccc(C(CC)(CC)c2ccc(-c3cncc(CCOOC)c3)c(C)c2)cc1C)(CC)O[Si](C)(C)C. The number of hydrogen-bond acceptors (Lipinski definition) is 4. The van der Waals surface area contributed by atoms with E-state index in [1.165, 1.54) is 34.9 Å². The van der Waals surface area contributed by atoms with E-state index >= 15 is 0 Å². The van der Waals surface area contributed by atoms with Crippen LogP contribution in [0, 0.1) is 25.7 Å². The van der Waals surface area contributed by atoms with Crippen molar-refractivity contribution in [1.29, 1.82) is 0 Å². The van der Waals surface area contributed by atoms with E-state index in [4.69, 9.17) is 14.2 Å². The number of rotatable bonds is 13. The molecule has 2 aromatic carbocycles. The van der Waals surface area contributed by atoms with Crippen LogP contribution in [0.25, 0.3) is 11.1 Å². The van der Waals surface area contributed by atoms with Gasteiger partial charge in [0.05, 0.1) is 13.7 Å². The Morgan fingerprint density at radius 3 is 2.00 bits per heavy atom. The summed E-state index contributed by atoms with van der Waals surface area (Å²) in [6, 6.07) is 16.0. The predicted molar refractivity (Wildman–Crippen MR) is 178 cm³/mol. The molecule has 0 amide bonds. The minimum atomic E-state index is -1.72. The maximum atomic E-state index is 6.59. The number of aryl methyl sites for hydroxylation is 2. The molecule has 226 valence electrons. The third-order valence-electron chi connectivity index (χ3n) is 8.53. The first-order valence-electron chi connectivity index (χ1n) is 15.5. The molecular weight excluding hydrogens is 534 g/mol. The van der Waals surface area contributed by atoms with E-state index in [-0.39, 0.29) is 11.0 Å². The van der Waals surface area contributed by atoms with Gasteiger partial charge in [0.25, 0.3) is 0 Å². The lowest BCUT2D eigenvalue weighted by molar-refractivity contribution is -0.271. The Morgan fingerprint density at radius 1 is 0.810 bits per heavy atom. The van der Waals surface area contributed by atoms with E-state index in [0.717, 1.165) is 48.8 Å². The number of pyridine rings is 1. The standard InChI is InChI=1S/C37H51NO3Si/c1-11-36(12-2,41-42(8,9)10)21-19-31-15-16-33(23-28(31)5)37(13-3,14-4)34-17-18-35(29(6)24-34)32-25-30(26-38-27-32)20-22-40-39-7/h15-18,23-27H,11-14,20,22H2,1-10H3. The highest BCUT2D eigenvalue weighted by Crippen LogP contribution is 2.41. The van der Waals surface area contributed by atoms with Crippen LogP contribution in [0.2, 0.25) is 19.6 Å². The molecule has 0 bridgehead atoms. The second-order valence-electron chi connectivity index (χ2n) is 12.3. The van der Waals surface area contributed by atoms with Crippen LogP contribution in [-0.2, 0) is 26.0 Å². The first-order chi connectivity index (χ1) is 20.0. The lowest BCUT2D eigenvalue weighted by Crippen LogP contribution is -2.41. The second-order valence-corrected chi connectivity index (χ2v) is 16.8. The Labute approximate surface area is 256 Å². The fraction of sp³-hybridized carbons (Fsp3) is 0.486. The van der Waals surface area contributed by atoms with Crippen LogP contribution in [0.5, 0.6) is 0 Å². The zero-order valence-electron chi connectivity index (χ0n) is 27.6. The topological polar surface area (TPSA) is 40.6 Å². The number of benzene rings is 2. The van der Waals surface area contributed by atoms with Crippen LogP contribution in [0.4, 0.5) is 0 Å². The van der Waals surface area contributed by atoms with Crippen LogP contribution < -0.4 is 0 Å². The van der Waals surface area contributed by atoms with E-state index in [1.807, 2.05) is 12.4 Å². The molecule has 0 unspecified atom stereocenters. The van der Waals surface area contributed by atoms with Gasteiger partial charge in [0, 0.05) is 35.4 Å². The first-order valence-corrected chi connectivity index (χ1v) is 18.9. The van der Waals surface area contributed by atoms with Gasteiger partial charge in [0.1, 0.15) is 5.60 Å². The van der Waals surface area contributed by atoms with Crippen LogP contribution >= 0.6 is 0 Å². The highest BCUT2D eigenvalue weighted by Gasteiger charge is 2.33. The van der Waals surface area contributed by atoms with Crippen molar-refractivity contribution >= 4 is 8.32 Å². The Bertz CT molecular complexity index is 1390. The first kappa shape index (κ1) is 33.7. The van der Waals surface area contributed by atoms with E-state index in [2.05, 4.69) is 120 Å². The molecule has 0 aliphatic carbocycles. The van der Waals surface area contributed by atoms with Gasteiger partial charge in [-0.3, -0.25) is 4.98 Å². The quantitative estimate of drug-likeness (QED) is 0.0659.